The van der Waals surface area contributed by atoms with Crippen molar-refractivity contribution in [3.05, 3.63) is 0 Å². The Labute approximate surface area is 108 Å². The van der Waals surface area contributed by atoms with Gasteiger partial charge < -0.3 is 10.0 Å². The number of carboxylic acids is 1. The van der Waals surface area contributed by atoms with Crippen LogP contribution in [0.2, 0.25) is 0 Å². The van der Waals surface area contributed by atoms with Gasteiger partial charge in [0.15, 0.2) is 4.34 Å². The summed E-state index contributed by atoms with van der Waals surface area (Å²) in [4.78, 5) is 12.7. The third kappa shape index (κ3) is 3.10. The number of hydrogen-bond acceptors (Lipinski definition) is 6. The van der Waals surface area contributed by atoms with Crippen molar-refractivity contribution >= 4 is 34.2 Å². The average Bonchev–Trinajstić information content (AvgIpc) is 2.82. The van der Waals surface area contributed by atoms with Crippen molar-refractivity contribution in [2.24, 2.45) is 5.92 Å². The van der Waals surface area contributed by atoms with Gasteiger partial charge in [0.05, 0.1) is 5.75 Å². The number of carboxylic acid groups (broad SMARTS) is 1. The summed E-state index contributed by atoms with van der Waals surface area (Å²) in [6.45, 7) is 5.44. The fourth-order valence-electron chi connectivity index (χ4n) is 2.07. The van der Waals surface area contributed by atoms with Crippen molar-refractivity contribution in [2.45, 2.75) is 30.6 Å². The Morgan fingerprint density at radius 1 is 1.59 bits per heavy atom. The van der Waals surface area contributed by atoms with Crippen molar-refractivity contribution in [3.63, 3.8) is 0 Å². The van der Waals surface area contributed by atoms with Gasteiger partial charge >= 0.3 is 5.97 Å². The van der Waals surface area contributed by atoms with Crippen LogP contribution in [0.5, 0.6) is 0 Å². The molecule has 0 spiro atoms. The van der Waals surface area contributed by atoms with E-state index >= 15 is 0 Å². The quantitative estimate of drug-likeness (QED) is 0.846. The maximum atomic E-state index is 10.5. The van der Waals surface area contributed by atoms with Gasteiger partial charge in [0, 0.05) is 12.6 Å². The highest BCUT2D eigenvalue weighted by atomic mass is 32.2. The first-order valence-corrected chi connectivity index (χ1v) is 7.31. The Morgan fingerprint density at radius 2 is 2.35 bits per heavy atom. The minimum atomic E-state index is -0.824. The lowest BCUT2D eigenvalue weighted by atomic mass is 10.1. The number of aliphatic carboxylic acids is 1. The summed E-state index contributed by atoms with van der Waals surface area (Å²) in [5.41, 5.74) is 0. The Morgan fingerprint density at radius 3 is 2.94 bits per heavy atom. The highest BCUT2D eigenvalue weighted by Crippen LogP contribution is 2.33. The molecule has 0 saturated carbocycles. The predicted molar refractivity (Wildman–Crippen MR) is 68.9 cm³/mol. The molecule has 1 aliphatic rings. The third-order valence-electron chi connectivity index (χ3n) is 2.74. The summed E-state index contributed by atoms with van der Waals surface area (Å²) in [5, 5.41) is 17.7. The van der Waals surface area contributed by atoms with Crippen molar-refractivity contribution in [1.29, 1.82) is 0 Å². The summed E-state index contributed by atoms with van der Waals surface area (Å²) < 4.78 is 0.731. The first-order chi connectivity index (χ1) is 8.06. The molecule has 1 aromatic heterocycles. The van der Waals surface area contributed by atoms with Crippen molar-refractivity contribution < 1.29 is 9.90 Å². The molecular formula is C10H15N3O2S2. The van der Waals surface area contributed by atoms with Crippen LogP contribution in [-0.4, -0.2) is 39.6 Å². The Hall–Kier alpha value is -0.820. The summed E-state index contributed by atoms with van der Waals surface area (Å²) in [6.07, 6.45) is 1.18. The summed E-state index contributed by atoms with van der Waals surface area (Å²) in [7, 11) is 0. The van der Waals surface area contributed by atoms with Crippen LogP contribution in [0.3, 0.4) is 0 Å². The van der Waals surface area contributed by atoms with E-state index in [4.69, 9.17) is 5.11 Å². The molecule has 0 amide bonds. The molecule has 2 unspecified atom stereocenters. The van der Waals surface area contributed by atoms with Crippen molar-refractivity contribution in [1.82, 2.24) is 10.2 Å². The van der Waals surface area contributed by atoms with E-state index in [0.717, 1.165) is 16.0 Å². The van der Waals surface area contributed by atoms with Gasteiger partial charge in [0.25, 0.3) is 0 Å². The molecule has 94 valence electrons. The standard InChI is InChI=1S/C10H15N3O2S2/c1-6-3-7(2)13(4-6)9-11-12-10(17-9)16-5-8(14)15/h6-7H,3-5H2,1-2H3,(H,14,15). The summed E-state index contributed by atoms with van der Waals surface area (Å²) in [5.74, 6) is -0.0976. The highest BCUT2D eigenvalue weighted by Gasteiger charge is 2.28. The first kappa shape index (κ1) is 12.6. The van der Waals surface area contributed by atoms with Gasteiger partial charge in [0.1, 0.15) is 0 Å². The van der Waals surface area contributed by atoms with Gasteiger partial charge in [0.2, 0.25) is 5.13 Å². The van der Waals surface area contributed by atoms with Crippen LogP contribution in [0.1, 0.15) is 20.3 Å². The maximum Gasteiger partial charge on any atom is 0.313 e. The Balaban J connectivity index is 2.00. The average molecular weight is 273 g/mol. The van der Waals surface area contributed by atoms with Gasteiger partial charge in [-0.15, -0.1) is 10.2 Å². The van der Waals surface area contributed by atoms with Crippen LogP contribution in [0, 0.1) is 5.92 Å². The molecule has 17 heavy (non-hydrogen) atoms. The van der Waals surface area contributed by atoms with Gasteiger partial charge in [-0.05, 0) is 19.3 Å². The lowest BCUT2D eigenvalue weighted by molar-refractivity contribution is -0.133. The van der Waals surface area contributed by atoms with E-state index in [-0.39, 0.29) is 5.75 Å². The second kappa shape index (κ2) is 5.22. The lowest BCUT2D eigenvalue weighted by Gasteiger charge is -2.19. The summed E-state index contributed by atoms with van der Waals surface area (Å²) >= 11 is 2.71. The van der Waals surface area contributed by atoms with E-state index < -0.39 is 5.97 Å². The molecule has 7 heteroatoms. The SMILES string of the molecule is CC1CC(C)N(c2nnc(SCC(=O)O)s2)C1. The van der Waals surface area contributed by atoms with E-state index in [1.807, 2.05) is 0 Å². The van der Waals surface area contributed by atoms with Crippen LogP contribution in [0.4, 0.5) is 5.13 Å². The van der Waals surface area contributed by atoms with E-state index in [1.165, 1.54) is 29.5 Å². The van der Waals surface area contributed by atoms with Gasteiger partial charge in [-0.3, -0.25) is 4.79 Å². The van der Waals surface area contributed by atoms with Crippen molar-refractivity contribution in [3.8, 4) is 0 Å². The topological polar surface area (TPSA) is 66.3 Å². The molecule has 2 heterocycles. The molecule has 0 aliphatic carbocycles. The molecular weight excluding hydrogens is 258 g/mol. The number of carbonyl (C=O) groups is 1. The minimum absolute atomic E-state index is 0.0423. The number of aromatic nitrogens is 2. The fraction of sp³-hybridized carbons (Fsp3) is 0.700. The zero-order valence-electron chi connectivity index (χ0n) is 9.79. The zero-order chi connectivity index (χ0) is 12.4. The molecule has 2 rings (SSSR count). The molecule has 2 atom stereocenters. The number of rotatable bonds is 4. The zero-order valence-corrected chi connectivity index (χ0v) is 11.4. The molecule has 0 bridgehead atoms. The Kier molecular flexibility index (Phi) is 3.88. The van der Waals surface area contributed by atoms with E-state index in [9.17, 15) is 4.79 Å². The molecule has 1 fully saturated rings. The van der Waals surface area contributed by atoms with Crippen LogP contribution < -0.4 is 4.90 Å². The number of thioether (sulfide) groups is 1. The Bertz CT molecular complexity index is 410. The molecule has 0 aromatic carbocycles. The van der Waals surface area contributed by atoms with Crippen LogP contribution in [0.25, 0.3) is 0 Å². The van der Waals surface area contributed by atoms with Crippen LogP contribution in [-0.2, 0) is 4.79 Å². The monoisotopic (exact) mass is 273 g/mol. The van der Waals surface area contributed by atoms with Crippen molar-refractivity contribution in [2.75, 3.05) is 17.2 Å². The maximum absolute atomic E-state index is 10.5. The van der Waals surface area contributed by atoms with E-state index in [2.05, 4.69) is 28.9 Å². The van der Waals surface area contributed by atoms with Gasteiger partial charge in [-0.25, -0.2) is 0 Å². The smallest absolute Gasteiger partial charge is 0.313 e. The van der Waals surface area contributed by atoms with E-state index in [0.29, 0.717) is 12.0 Å². The van der Waals surface area contributed by atoms with E-state index in [1.54, 1.807) is 0 Å². The molecule has 1 aromatic rings. The lowest BCUT2D eigenvalue weighted by Crippen LogP contribution is -2.26. The second-order valence-electron chi connectivity index (χ2n) is 4.38. The highest BCUT2D eigenvalue weighted by molar-refractivity contribution is 8.01. The molecule has 1 aliphatic heterocycles. The van der Waals surface area contributed by atoms with Gasteiger partial charge in [-0.2, -0.15) is 0 Å². The fourth-order valence-corrected chi connectivity index (χ4v) is 3.74. The summed E-state index contributed by atoms with van der Waals surface area (Å²) in [6, 6.07) is 0.496. The normalized spacial score (nSPS) is 24.2. The van der Waals surface area contributed by atoms with Crippen LogP contribution >= 0.6 is 23.1 Å². The number of anilines is 1. The molecule has 1 saturated heterocycles. The third-order valence-corrected chi connectivity index (χ3v) is 4.82. The largest absolute Gasteiger partial charge is 0.481 e. The number of nitrogens with zero attached hydrogens (tertiary/aromatic N) is 3. The molecule has 0 radical (unpaired) electrons. The first-order valence-electron chi connectivity index (χ1n) is 5.51. The minimum Gasteiger partial charge on any atom is -0.481 e. The molecule has 5 nitrogen and oxygen atoms in total. The molecule has 1 N–H and O–H groups in total. The van der Waals surface area contributed by atoms with Crippen LogP contribution in [0.15, 0.2) is 4.34 Å². The van der Waals surface area contributed by atoms with Gasteiger partial charge in [-0.1, -0.05) is 30.0 Å². The predicted octanol–water partition coefficient (Wildman–Crippen LogP) is 1.95. The number of hydrogen-bond donors (Lipinski definition) is 1. The second-order valence-corrected chi connectivity index (χ2v) is 6.55.